The lowest BCUT2D eigenvalue weighted by atomic mass is 9.75. The Hall–Kier alpha value is -1.62. The SMILES string of the molecule is NC(N)=NC(=O)[C@@H]1C2CCC(C2)[C@H]1c1ccc(F)c(Cl)c1. The molecule has 2 saturated carbocycles. The molecule has 0 heterocycles. The molecule has 4 N–H and O–H groups in total. The van der Waals surface area contributed by atoms with E-state index in [2.05, 4.69) is 4.99 Å². The van der Waals surface area contributed by atoms with E-state index >= 15 is 0 Å². The highest BCUT2D eigenvalue weighted by atomic mass is 35.5. The topological polar surface area (TPSA) is 81.5 Å². The summed E-state index contributed by atoms with van der Waals surface area (Å²) in [4.78, 5) is 16.0. The molecule has 0 aromatic heterocycles. The smallest absolute Gasteiger partial charge is 0.252 e. The maximum atomic E-state index is 13.3. The number of aliphatic imine (C=N–C) groups is 1. The summed E-state index contributed by atoms with van der Waals surface area (Å²) in [7, 11) is 0. The summed E-state index contributed by atoms with van der Waals surface area (Å²) in [5.41, 5.74) is 11.5. The van der Waals surface area contributed by atoms with Gasteiger partial charge in [-0.1, -0.05) is 17.7 Å². The van der Waals surface area contributed by atoms with E-state index in [0.29, 0.717) is 11.8 Å². The molecule has 0 spiro atoms. The van der Waals surface area contributed by atoms with Crippen LogP contribution in [0.5, 0.6) is 0 Å². The molecule has 1 aromatic carbocycles. The summed E-state index contributed by atoms with van der Waals surface area (Å²) in [6.07, 6.45) is 3.10. The normalized spacial score (nSPS) is 30.4. The van der Waals surface area contributed by atoms with Crippen molar-refractivity contribution in [3.8, 4) is 0 Å². The van der Waals surface area contributed by atoms with Crippen LogP contribution in [0.15, 0.2) is 23.2 Å². The van der Waals surface area contributed by atoms with Gasteiger partial charge in [-0.05, 0) is 54.7 Å². The maximum absolute atomic E-state index is 13.3. The fraction of sp³-hybridized carbons (Fsp3) is 0.467. The van der Waals surface area contributed by atoms with Crippen molar-refractivity contribution >= 4 is 23.5 Å². The lowest BCUT2D eigenvalue weighted by Crippen LogP contribution is -2.31. The van der Waals surface area contributed by atoms with Gasteiger partial charge >= 0.3 is 0 Å². The highest BCUT2D eigenvalue weighted by Crippen LogP contribution is 2.57. The van der Waals surface area contributed by atoms with E-state index in [0.717, 1.165) is 24.8 Å². The largest absolute Gasteiger partial charge is 0.370 e. The number of fused-ring (bicyclic) bond motifs is 2. The van der Waals surface area contributed by atoms with E-state index in [1.807, 2.05) is 0 Å². The first-order valence-corrected chi connectivity index (χ1v) is 7.43. The first-order valence-electron chi connectivity index (χ1n) is 7.06. The third kappa shape index (κ3) is 2.50. The van der Waals surface area contributed by atoms with Crippen LogP contribution in [0, 0.1) is 23.6 Å². The van der Waals surface area contributed by atoms with Crippen molar-refractivity contribution in [3.05, 3.63) is 34.6 Å². The van der Waals surface area contributed by atoms with Gasteiger partial charge in [-0.2, -0.15) is 4.99 Å². The van der Waals surface area contributed by atoms with Gasteiger partial charge in [0, 0.05) is 0 Å². The van der Waals surface area contributed by atoms with Gasteiger partial charge in [0.1, 0.15) is 5.82 Å². The number of guanidine groups is 1. The lowest BCUT2D eigenvalue weighted by molar-refractivity contribution is -0.123. The number of hydrogen-bond acceptors (Lipinski definition) is 1. The van der Waals surface area contributed by atoms with Gasteiger partial charge in [-0.25, -0.2) is 4.39 Å². The number of benzene rings is 1. The first-order chi connectivity index (χ1) is 9.97. The average molecular weight is 310 g/mol. The van der Waals surface area contributed by atoms with Crippen molar-refractivity contribution in [2.75, 3.05) is 0 Å². The van der Waals surface area contributed by atoms with Crippen LogP contribution < -0.4 is 11.5 Å². The molecular weight excluding hydrogens is 293 g/mol. The summed E-state index contributed by atoms with van der Waals surface area (Å²) in [5.74, 6) is -0.411. The van der Waals surface area contributed by atoms with Crippen LogP contribution in [0.3, 0.4) is 0 Å². The molecule has 4 nitrogen and oxygen atoms in total. The van der Waals surface area contributed by atoms with Crippen molar-refractivity contribution in [2.24, 2.45) is 34.2 Å². The molecule has 0 saturated heterocycles. The Labute approximate surface area is 127 Å². The van der Waals surface area contributed by atoms with Gasteiger partial charge in [0.25, 0.3) is 5.91 Å². The predicted octanol–water partition coefficient (Wildman–Crippen LogP) is 2.41. The van der Waals surface area contributed by atoms with E-state index in [-0.39, 0.29) is 28.7 Å². The molecule has 6 heteroatoms. The Morgan fingerprint density at radius 3 is 2.67 bits per heavy atom. The zero-order valence-electron chi connectivity index (χ0n) is 11.4. The summed E-state index contributed by atoms with van der Waals surface area (Å²) in [6, 6.07) is 4.69. The fourth-order valence-corrected chi connectivity index (χ4v) is 4.24. The van der Waals surface area contributed by atoms with E-state index in [9.17, 15) is 9.18 Å². The van der Waals surface area contributed by atoms with Crippen LogP contribution in [0.25, 0.3) is 0 Å². The van der Waals surface area contributed by atoms with E-state index in [4.69, 9.17) is 23.1 Å². The highest BCUT2D eigenvalue weighted by Gasteiger charge is 2.51. The molecule has 2 bridgehead atoms. The molecule has 1 aromatic rings. The second kappa shape index (κ2) is 5.30. The quantitative estimate of drug-likeness (QED) is 0.650. The van der Waals surface area contributed by atoms with Crippen LogP contribution in [-0.4, -0.2) is 11.9 Å². The van der Waals surface area contributed by atoms with Gasteiger partial charge < -0.3 is 11.5 Å². The molecule has 0 aliphatic heterocycles. The van der Waals surface area contributed by atoms with Gasteiger partial charge in [0.2, 0.25) is 0 Å². The molecule has 0 radical (unpaired) electrons. The van der Waals surface area contributed by atoms with E-state index < -0.39 is 5.82 Å². The Bertz CT molecular complexity index is 615. The van der Waals surface area contributed by atoms with Crippen LogP contribution in [0.2, 0.25) is 5.02 Å². The number of hydrogen-bond donors (Lipinski definition) is 2. The average Bonchev–Trinajstić information content (AvgIpc) is 3.01. The van der Waals surface area contributed by atoms with Crippen molar-refractivity contribution < 1.29 is 9.18 Å². The third-order valence-corrected chi connectivity index (χ3v) is 5.06. The molecular formula is C15H17ClFN3O. The highest BCUT2D eigenvalue weighted by molar-refractivity contribution is 6.30. The Morgan fingerprint density at radius 1 is 1.29 bits per heavy atom. The lowest BCUT2D eigenvalue weighted by Gasteiger charge is -2.29. The Balaban J connectivity index is 1.96. The molecule has 2 aliphatic rings. The summed E-state index contributed by atoms with van der Waals surface area (Å²) < 4.78 is 13.3. The molecule has 21 heavy (non-hydrogen) atoms. The van der Waals surface area contributed by atoms with Crippen molar-refractivity contribution in [1.82, 2.24) is 0 Å². The minimum atomic E-state index is -0.448. The molecule has 4 atom stereocenters. The maximum Gasteiger partial charge on any atom is 0.252 e. The first kappa shape index (κ1) is 14.3. The van der Waals surface area contributed by atoms with Crippen LogP contribution >= 0.6 is 11.6 Å². The summed E-state index contributed by atoms with van der Waals surface area (Å²) in [5, 5.41) is 0.0864. The fourth-order valence-electron chi connectivity index (χ4n) is 4.05. The zero-order chi connectivity index (χ0) is 15.1. The van der Waals surface area contributed by atoms with Crippen molar-refractivity contribution in [3.63, 3.8) is 0 Å². The van der Waals surface area contributed by atoms with Crippen LogP contribution in [0.1, 0.15) is 30.7 Å². The number of nitrogens with two attached hydrogens (primary N) is 2. The number of carbonyl (C=O) groups excluding carboxylic acids is 1. The molecule has 2 unspecified atom stereocenters. The van der Waals surface area contributed by atoms with Gasteiger partial charge in [0.15, 0.2) is 5.96 Å². The number of amides is 1. The monoisotopic (exact) mass is 309 g/mol. The molecule has 1 amide bonds. The minimum absolute atomic E-state index is 0.0254. The van der Waals surface area contributed by atoms with Crippen molar-refractivity contribution in [1.29, 1.82) is 0 Å². The standard InChI is InChI=1S/C15H17ClFN3O/c16-10-6-9(3-4-11(10)17)12-7-1-2-8(5-7)13(12)14(21)20-15(18)19/h3-4,6-8,12-13H,1-2,5H2,(H4,18,19,20,21)/t7?,8?,12-,13+/m0/s1. The second-order valence-electron chi connectivity index (χ2n) is 5.93. The van der Waals surface area contributed by atoms with Crippen LogP contribution in [-0.2, 0) is 4.79 Å². The van der Waals surface area contributed by atoms with Crippen molar-refractivity contribution in [2.45, 2.75) is 25.2 Å². The molecule has 3 rings (SSSR count). The van der Waals surface area contributed by atoms with E-state index in [1.165, 1.54) is 6.07 Å². The number of carbonyl (C=O) groups is 1. The van der Waals surface area contributed by atoms with Gasteiger partial charge in [0.05, 0.1) is 10.9 Å². The summed E-state index contributed by atoms with van der Waals surface area (Å²) in [6.45, 7) is 0. The molecule has 2 fully saturated rings. The van der Waals surface area contributed by atoms with Gasteiger partial charge in [-0.15, -0.1) is 0 Å². The predicted molar refractivity (Wildman–Crippen MR) is 79.3 cm³/mol. The van der Waals surface area contributed by atoms with Crippen LogP contribution in [0.4, 0.5) is 4.39 Å². The summed E-state index contributed by atoms with van der Waals surface area (Å²) >= 11 is 5.88. The number of nitrogens with zero attached hydrogens (tertiary/aromatic N) is 1. The third-order valence-electron chi connectivity index (χ3n) is 4.77. The zero-order valence-corrected chi connectivity index (χ0v) is 12.2. The Kier molecular flexibility index (Phi) is 3.61. The molecule has 112 valence electrons. The van der Waals surface area contributed by atoms with E-state index in [1.54, 1.807) is 12.1 Å². The molecule has 2 aliphatic carbocycles. The Morgan fingerprint density at radius 2 is 2.00 bits per heavy atom. The minimum Gasteiger partial charge on any atom is -0.370 e. The van der Waals surface area contributed by atoms with Gasteiger partial charge in [-0.3, -0.25) is 4.79 Å². The number of rotatable bonds is 2. The second-order valence-corrected chi connectivity index (χ2v) is 6.34. The number of halogens is 2.